The Morgan fingerprint density at radius 1 is 1.12 bits per heavy atom. The highest BCUT2D eigenvalue weighted by Gasteiger charge is 2.49. The second-order valence-corrected chi connectivity index (χ2v) is 10.2. The van der Waals surface area contributed by atoms with Gasteiger partial charge in [-0.05, 0) is 55.0 Å². The molecule has 1 saturated heterocycles. The molecule has 2 aliphatic heterocycles. The van der Waals surface area contributed by atoms with Crippen LogP contribution in [0.3, 0.4) is 0 Å². The zero-order valence-corrected chi connectivity index (χ0v) is 20.9. The Bertz CT molecular complexity index is 1240. The molecule has 6 nitrogen and oxygen atoms in total. The largest absolute Gasteiger partial charge is 0.467 e. The number of para-hydroxylation sites is 1. The van der Waals surface area contributed by atoms with Crippen LogP contribution in [-0.4, -0.2) is 17.7 Å². The number of carbonyl (C=O) groups is 2. The van der Waals surface area contributed by atoms with E-state index < -0.39 is 5.72 Å². The van der Waals surface area contributed by atoms with Crippen LogP contribution in [0.4, 0.5) is 10.5 Å². The molecule has 0 spiro atoms. The summed E-state index contributed by atoms with van der Waals surface area (Å²) in [6.07, 6.45) is 0.601. The molecule has 2 aliphatic rings. The summed E-state index contributed by atoms with van der Waals surface area (Å²) in [4.78, 5) is 27.6. The molecular formula is C25H21Br2N3O3. The Hall–Kier alpha value is -2.84. The van der Waals surface area contributed by atoms with E-state index in [1.165, 1.54) is 0 Å². The van der Waals surface area contributed by atoms with E-state index in [2.05, 4.69) is 42.5 Å². The van der Waals surface area contributed by atoms with Crippen LogP contribution in [0.2, 0.25) is 0 Å². The van der Waals surface area contributed by atoms with E-state index in [1.807, 2.05) is 55.5 Å². The van der Waals surface area contributed by atoms with E-state index in [0.29, 0.717) is 24.2 Å². The van der Waals surface area contributed by atoms with Crippen LogP contribution in [0.5, 0.6) is 5.75 Å². The first-order valence-electron chi connectivity index (χ1n) is 10.5. The van der Waals surface area contributed by atoms with Crippen LogP contribution in [0.1, 0.15) is 40.9 Å². The Labute approximate surface area is 208 Å². The number of nitrogens with one attached hydrogen (secondary N) is 2. The Kier molecular flexibility index (Phi) is 5.66. The predicted molar refractivity (Wildman–Crippen MR) is 133 cm³/mol. The number of ether oxygens (including phenoxy) is 1. The number of anilines is 1. The molecule has 2 heterocycles. The van der Waals surface area contributed by atoms with Crippen LogP contribution in [0.25, 0.3) is 0 Å². The molecule has 1 fully saturated rings. The minimum Gasteiger partial charge on any atom is -0.467 e. The van der Waals surface area contributed by atoms with Crippen molar-refractivity contribution in [2.24, 2.45) is 0 Å². The zero-order valence-electron chi connectivity index (χ0n) is 17.8. The first-order chi connectivity index (χ1) is 15.8. The topological polar surface area (TPSA) is 70.7 Å². The van der Waals surface area contributed by atoms with Crippen molar-refractivity contribution in [2.75, 3.05) is 4.90 Å². The van der Waals surface area contributed by atoms with Crippen LogP contribution in [0, 0.1) is 0 Å². The minimum atomic E-state index is -0.862. The lowest BCUT2D eigenvalue weighted by Crippen LogP contribution is -2.65. The maximum atomic E-state index is 13.1. The Balaban J connectivity index is 1.38. The first-order valence-corrected chi connectivity index (χ1v) is 12.1. The molecule has 0 aliphatic carbocycles. The summed E-state index contributed by atoms with van der Waals surface area (Å²) in [6, 6.07) is 20.3. The number of fused-ring (bicyclic) bond motifs is 4. The lowest BCUT2D eigenvalue weighted by Gasteiger charge is -2.50. The van der Waals surface area contributed by atoms with Crippen molar-refractivity contribution in [1.82, 2.24) is 10.6 Å². The fourth-order valence-corrected chi connectivity index (χ4v) is 5.89. The van der Waals surface area contributed by atoms with Gasteiger partial charge in [0.15, 0.2) is 5.72 Å². The highest BCUT2D eigenvalue weighted by Crippen LogP contribution is 2.45. The van der Waals surface area contributed by atoms with Gasteiger partial charge in [0.2, 0.25) is 0 Å². The lowest BCUT2D eigenvalue weighted by atomic mass is 9.90. The van der Waals surface area contributed by atoms with E-state index in [0.717, 1.165) is 25.8 Å². The summed E-state index contributed by atoms with van der Waals surface area (Å²) in [7, 11) is 0. The van der Waals surface area contributed by atoms with Gasteiger partial charge in [0.1, 0.15) is 5.75 Å². The summed E-state index contributed by atoms with van der Waals surface area (Å²) >= 11 is 6.93. The zero-order chi connectivity index (χ0) is 23.2. The van der Waals surface area contributed by atoms with Crippen LogP contribution < -0.4 is 20.3 Å². The number of halogens is 2. The number of nitrogens with zero attached hydrogens (tertiary/aromatic N) is 1. The molecule has 0 aromatic heterocycles. The summed E-state index contributed by atoms with van der Waals surface area (Å²) in [5, 5.41) is 6.03. The molecule has 5 rings (SSSR count). The third-order valence-corrected chi connectivity index (χ3v) is 6.84. The van der Waals surface area contributed by atoms with E-state index >= 15 is 0 Å². The molecule has 3 aromatic rings. The average Bonchev–Trinajstić information content (AvgIpc) is 2.76. The van der Waals surface area contributed by atoms with E-state index in [-0.39, 0.29) is 18.0 Å². The number of hydrogen-bond donors (Lipinski definition) is 2. The summed E-state index contributed by atoms with van der Waals surface area (Å²) in [5.74, 6) is 0.540. The fraction of sp³-hybridized carbons (Fsp3) is 0.200. The van der Waals surface area contributed by atoms with Crippen molar-refractivity contribution in [1.29, 1.82) is 0 Å². The number of hydrogen-bond acceptors (Lipinski definition) is 3. The molecule has 2 atom stereocenters. The van der Waals surface area contributed by atoms with E-state index in [9.17, 15) is 9.59 Å². The summed E-state index contributed by atoms with van der Waals surface area (Å²) < 4.78 is 8.17. The normalized spacial score (nSPS) is 21.0. The molecule has 0 saturated carbocycles. The number of rotatable bonds is 4. The maximum Gasteiger partial charge on any atom is 0.325 e. The van der Waals surface area contributed by atoms with Gasteiger partial charge in [0, 0.05) is 33.0 Å². The summed E-state index contributed by atoms with van der Waals surface area (Å²) in [5.41, 5.74) is 2.15. The molecule has 3 aromatic carbocycles. The summed E-state index contributed by atoms with van der Waals surface area (Å²) in [6.45, 7) is 2.29. The third-order valence-electron chi connectivity index (χ3n) is 5.92. The molecule has 33 heavy (non-hydrogen) atoms. The average molecular weight is 571 g/mol. The van der Waals surface area contributed by atoms with Crippen LogP contribution >= 0.6 is 31.9 Å². The highest BCUT2D eigenvalue weighted by atomic mass is 79.9. The first kappa shape index (κ1) is 22.0. The molecular weight excluding hydrogens is 550 g/mol. The number of benzene rings is 3. The maximum absolute atomic E-state index is 13.1. The minimum absolute atomic E-state index is 0.111. The molecule has 3 amide bonds. The van der Waals surface area contributed by atoms with E-state index in [1.54, 1.807) is 23.1 Å². The predicted octanol–water partition coefficient (Wildman–Crippen LogP) is 5.91. The quantitative estimate of drug-likeness (QED) is 0.409. The third kappa shape index (κ3) is 4.25. The second kappa shape index (κ2) is 8.50. The Morgan fingerprint density at radius 3 is 2.67 bits per heavy atom. The van der Waals surface area contributed by atoms with Crippen molar-refractivity contribution < 1.29 is 14.3 Å². The van der Waals surface area contributed by atoms with E-state index in [4.69, 9.17) is 4.74 Å². The van der Waals surface area contributed by atoms with Gasteiger partial charge in [-0.2, -0.15) is 0 Å². The van der Waals surface area contributed by atoms with Gasteiger partial charge in [-0.15, -0.1) is 0 Å². The molecule has 168 valence electrons. The van der Waals surface area contributed by atoms with Gasteiger partial charge < -0.3 is 15.4 Å². The molecule has 0 radical (unpaired) electrons. The van der Waals surface area contributed by atoms with Gasteiger partial charge in [-0.1, -0.05) is 56.1 Å². The van der Waals surface area contributed by atoms with Crippen molar-refractivity contribution >= 4 is 49.5 Å². The monoisotopic (exact) mass is 569 g/mol. The van der Waals surface area contributed by atoms with Crippen LogP contribution in [-0.2, 0) is 6.54 Å². The number of urea groups is 1. The standard InChI is InChI=1S/C25H21Br2N3O3/c1-25-13-21(20-7-2-3-8-22(20)33-25)29-24(32)30(25)19-6-4-5-16(11-19)23(31)28-14-15-9-17(26)12-18(27)10-15/h2-12,21H,13-14H2,1H3,(H,28,31)(H,29,32)/t21-,25-/m0/s1. The van der Waals surface area contributed by atoms with Crippen molar-refractivity contribution in [2.45, 2.75) is 31.7 Å². The smallest absolute Gasteiger partial charge is 0.325 e. The van der Waals surface area contributed by atoms with Gasteiger partial charge in [0.25, 0.3) is 5.91 Å². The van der Waals surface area contributed by atoms with Crippen molar-refractivity contribution in [3.05, 3.63) is 92.4 Å². The number of amides is 3. The number of carbonyl (C=O) groups excluding carboxylic acids is 2. The lowest BCUT2D eigenvalue weighted by molar-refractivity contribution is 0.0378. The Morgan fingerprint density at radius 2 is 1.88 bits per heavy atom. The highest BCUT2D eigenvalue weighted by molar-refractivity contribution is 9.11. The SMILES string of the molecule is C[C@]12C[C@H](NC(=O)N1c1cccc(C(=O)NCc3cc(Br)cc(Br)c3)c1)c1ccccc1O2. The second-order valence-electron chi connectivity index (χ2n) is 8.37. The fourth-order valence-electron chi connectivity index (χ4n) is 4.50. The molecule has 0 unspecified atom stereocenters. The van der Waals surface area contributed by atoms with Gasteiger partial charge >= 0.3 is 6.03 Å². The molecule has 8 heteroatoms. The van der Waals surface area contributed by atoms with Crippen molar-refractivity contribution in [3.63, 3.8) is 0 Å². The van der Waals surface area contributed by atoms with Crippen molar-refractivity contribution in [3.8, 4) is 5.75 Å². The van der Waals surface area contributed by atoms with Gasteiger partial charge in [0.05, 0.1) is 11.7 Å². The molecule has 2 bridgehead atoms. The van der Waals surface area contributed by atoms with Gasteiger partial charge in [-0.3, -0.25) is 9.69 Å². The molecule has 2 N–H and O–H groups in total. The van der Waals surface area contributed by atoms with Gasteiger partial charge in [-0.25, -0.2) is 4.79 Å². The van der Waals surface area contributed by atoms with Crippen LogP contribution in [0.15, 0.2) is 75.7 Å².